The van der Waals surface area contributed by atoms with E-state index in [4.69, 9.17) is 4.74 Å². The van der Waals surface area contributed by atoms with Crippen molar-refractivity contribution < 1.29 is 29.6 Å². The number of carbonyl (C=O) groups excluding carboxylic acids is 2. The van der Waals surface area contributed by atoms with Crippen LogP contribution < -0.4 is 0 Å². The van der Waals surface area contributed by atoms with E-state index in [1.807, 2.05) is 13.0 Å². The predicted molar refractivity (Wildman–Crippen MR) is 136 cm³/mol. The van der Waals surface area contributed by atoms with Crippen molar-refractivity contribution in [3.8, 4) is 0 Å². The molecule has 6 nitrogen and oxygen atoms in total. The Morgan fingerprint density at radius 3 is 2.33 bits per heavy atom. The van der Waals surface area contributed by atoms with E-state index in [9.17, 15) is 24.9 Å². The van der Waals surface area contributed by atoms with E-state index in [1.165, 1.54) is 23.8 Å². The predicted octanol–water partition coefficient (Wildman–Crippen LogP) is 4.65. The highest BCUT2D eigenvalue weighted by Gasteiger charge is 2.67. The van der Waals surface area contributed by atoms with E-state index < -0.39 is 29.0 Å². The van der Waals surface area contributed by atoms with Crippen LogP contribution in [-0.4, -0.2) is 46.4 Å². The SMILES string of the molecule is COC(=O)[C@@]1(C)C[C@@H]2[C@](C)(CC(C)=C3C4=CC=C5C(=CC(=O)C(O)=C5C)[C@@]4(C)CC[C@]32C)[C@H](O)[C@@H]1O. The Bertz CT molecular complexity index is 1250. The Morgan fingerprint density at radius 2 is 1.69 bits per heavy atom. The van der Waals surface area contributed by atoms with Crippen LogP contribution in [0.5, 0.6) is 0 Å². The number of esters is 1. The number of methoxy groups -OCH3 is 1. The van der Waals surface area contributed by atoms with Gasteiger partial charge in [0.25, 0.3) is 0 Å². The van der Waals surface area contributed by atoms with E-state index >= 15 is 0 Å². The molecule has 5 aliphatic carbocycles. The number of carbonyl (C=O) groups is 2. The van der Waals surface area contributed by atoms with Gasteiger partial charge < -0.3 is 20.1 Å². The molecule has 0 heterocycles. The maximum absolute atomic E-state index is 12.9. The van der Waals surface area contributed by atoms with Gasteiger partial charge in [-0.15, -0.1) is 0 Å². The minimum atomic E-state index is -1.21. The first-order valence-corrected chi connectivity index (χ1v) is 12.9. The molecule has 0 unspecified atom stereocenters. The van der Waals surface area contributed by atoms with Gasteiger partial charge in [0.05, 0.1) is 24.7 Å². The van der Waals surface area contributed by atoms with Gasteiger partial charge in [0, 0.05) is 16.4 Å². The second-order valence-corrected chi connectivity index (χ2v) is 12.7. The minimum absolute atomic E-state index is 0.0605. The fourth-order valence-electron chi connectivity index (χ4n) is 8.57. The average molecular weight is 495 g/mol. The maximum atomic E-state index is 12.9. The summed E-state index contributed by atoms with van der Waals surface area (Å²) in [6.45, 7) is 12.1. The molecule has 0 aromatic heterocycles. The van der Waals surface area contributed by atoms with Gasteiger partial charge in [-0.1, -0.05) is 38.5 Å². The van der Waals surface area contributed by atoms with Crippen molar-refractivity contribution in [1.82, 2.24) is 0 Å². The number of aliphatic hydroxyl groups excluding tert-OH is 3. The van der Waals surface area contributed by atoms with Crippen LogP contribution in [0.3, 0.4) is 0 Å². The van der Waals surface area contributed by atoms with Crippen LogP contribution in [0.4, 0.5) is 0 Å². The number of ketones is 1. The minimum Gasteiger partial charge on any atom is -0.504 e. The van der Waals surface area contributed by atoms with E-state index in [-0.39, 0.29) is 28.3 Å². The zero-order valence-corrected chi connectivity index (χ0v) is 22.4. The molecule has 0 bridgehead atoms. The highest BCUT2D eigenvalue weighted by Crippen LogP contribution is 2.70. The molecule has 2 saturated carbocycles. The molecule has 2 fully saturated rings. The zero-order valence-electron chi connectivity index (χ0n) is 22.4. The first-order valence-electron chi connectivity index (χ1n) is 12.9. The molecule has 3 N–H and O–H groups in total. The quantitative estimate of drug-likeness (QED) is 0.459. The lowest BCUT2D eigenvalue weighted by Gasteiger charge is -2.65. The Kier molecular flexibility index (Phi) is 5.29. The molecule has 6 heteroatoms. The summed E-state index contributed by atoms with van der Waals surface area (Å²) in [5.74, 6) is -1.09. The lowest BCUT2D eigenvalue weighted by Crippen LogP contribution is -2.65. The standard InChI is InChI=1S/C30H38O6/c1-15-13-29(5)21(14-30(6,26(35)36-7)25(34)24(29)33)28(4)11-10-27(3)18(22(15)28)9-8-17-16(2)23(32)20(31)12-19(17)27/h8-9,12,21,24-25,32-34H,10-11,13-14H2,1-7H3/t21-,24+,25-,27-,28-,29-,30-/m0/s1. The first-order chi connectivity index (χ1) is 16.7. The summed E-state index contributed by atoms with van der Waals surface area (Å²) < 4.78 is 5.10. The highest BCUT2D eigenvalue weighted by atomic mass is 16.5. The molecule has 0 radical (unpaired) electrons. The van der Waals surface area contributed by atoms with Crippen molar-refractivity contribution in [1.29, 1.82) is 0 Å². The molecule has 0 aromatic rings. The maximum Gasteiger partial charge on any atom is 0.314 e. The summed E-state index contributed by atoms with van der Waals surface area (Å²) in [5, 5.41) is 32.9. The van der Waals surface area contributed by atoms with E-state index in [0.29, 0.717) is 18.4 Å². The number of rotatable bonds is 1. The van der Waals surface area contributed by atoms with Crippen LogP contribution in [0.2, 0.25) is 0 Å². The molecule has 0 spiro atoms. The van der Waals surface area contributed by atoms with Crippen LogP contribution in [0, 0.1) is 27.6 Å². The Labute approximate surface area is 213 Å². The lowest BCUT2D eigenvalue weighted by molar-refractivity contribution is -0.213. The monoisotopic (exact) mass is 494 g/mol. The topological polar surface area (TPSA) is 104 Å². The summed E-state index contributed by atoms with van der Waals surface area (Å²) in [4.78, 5) is 25.5. The number of fused-ring (bicyclic) bond motifs is 7. The molecular weight excluding hydrogens is 456 g/mol. The van der Waals surface area contributed by atoms with Crippen molar-refractivity contribution in [2.24, 2.45) is 27.6 Å². The van der Waals surface area contributed by atoms with E-state index in [0.717, 1.165) is 24.0 Å². The summed E-state index contributed by atoms with van der Waals surface area (Å²) in [6.07, 6.45) is 6.11. The summed E-state index contributed by atoms with van der Waals surface area (Å²) in [5.41, 5.74) is 3.56. The van der Waals surface area contributed by atoms with Gasteiger partial charge in [-0.25, -0.2) is 0 Å². The molecule has 0 aliphatic heterocycles. The van der Waals surface area contributed by atoms with E-state index in [2.05, 4.69) is 26.8 Å². The fourth-order valence-corrected chi connectivity index (χ4v) is 8.57. The molecule has 36 heavy (non-hydrogen) atoms. The van der Waals surface area contributed by atoms with Crippen molar-refractivity contribution in [2.45, 2.75) is 79.4 Å². The average Bonchev–Trinajstić information content (AvgIpc) is 2.83. The Hall–Kier alpha value is -2.44. The van der Waals surface area contributed by atoms with Crippen molar-refractivity contribution in [2.75, 3.05) is 7.11 Å². The highest BCUT2D eigenvalue weighted by molar-refractivity contribution is 6.06. The van der Waals surface area contributed by atoms with Crippen molar-refractivity contribution in [3.63, 3.8) is 0 Å². The van der Waals surface area contributed by atoms with Crippen molar-refractivity contribution in [3.05, 3.63) is 57.4 Å². The third-order valence-electron chi connectivity index (χ3n) is 10.7. The van der Waals surface area contributed by atoms with Gasteiger partial charge in [0.1, 0.15) is 0 Å². The number of hydrogen-bond donors (Lipinski definition) is 3. The number of aliphatic hydroxyl groups is 3. The Balaban J connectivity index is 1.69. The molecule has 5 aliphatic rings. The molecule has 194 valence electrons. The van der Waals surface area contributed by atoms with Gasteiger partial charge in [0.15, 0.2) is 5.76 Å². The smallest absolute Gasteiger partial charge is 0.314 e. The fraction of sp³-hybridized carbons (Fsp3) is 0.600. The van der Waals surface area contributed by atoms with Crippen LogP contribution in [-0.2, 0) is 14.3 Å². The van der Waals surface area contributed by atoms with Crippen LogP contribution in [0.25, 0.3) is 0 Å². The normalized spacial score (nSPS) is 44.0. The van der Waals surface area contributed by atoms with Gasteiger partial charge in [-0.3, -0.25) is 9.59 Å². The van der Waals surface area contributed by atoms with Crippen LogP contribution in [0.1, 0.15) is 67.2 Å². The number of allylic oxidation sites excluding steroid dienone is 9. The lowest BCUT2D eigenvalue weighted by atomic mass is 9.40. The van der Waals surface area contributed by atoms with Gasteiger partial charge in [-0.2, -0.15) is 0 Å². The van der Waals surface area contributed by atoms with Gasteiger partial charge in [0.2, 0.25) is 5.78 Å². The van der Waals surface area contributed by atoms with Gasteiger partial charge in [-0.05, 0) is 86.2 Å². The van der Waals surface area contributed by atoms with Crippen molar-refractivity contribution >= 4 is 11.8 Å². The molecule has 0 saturated heterocycles. The number of hydrogen-bond acceptors (Lipinski definition) is 6. The second kappa shape index (κ2) is 7.55. The molecule has 0 aromatic carbocycles. The molecule has 7 atom stereocenters. The number of ether oxygens (including phenoxy) is 1. The summed E-state index contributed by atoms with van der Waals surface area (Å²) >= 11 is 0. The summed E-state index contributed by atoms with van der Waals surface area (Å²) in [6, 6.07) is 0. The molecule has 5 rings (SSSR count). The molecular formula is C30H38O6. The third-order valence-corrected chi connectivity index (χ3v) is 10.7. The second-order valence-electron chi connectivity index (χ2n) is 12.7. The Morgan fingerprint density at radius 1 is 1.03 bits per heavy atom. The largest absolute Gasteiger partial charge is 0.504 e. The van der Waals surface area contributed by atoms with E-state index in [1.54, 1.807) is 19.9 Å². The zero-order chi connectivity index (χ0) is 26.6. The first kappa shape index (κ1) is 25.2. The third kappa shape index (κ3) is 2.86. The van der Waals surface area contributed by atoms with Gasteiger partial charge >= 0.3 is 5.97 Å². The molecule has 0 amide bonds. The summed E-state index contributed by atoms with van der Waals surface area (Å²) in [7, 11) is 1.33. The van der Waals surface area contributed by atoms with Crippen LogP contribution >= 0.6 is 0 Å². The van der Waals surface area contributed by atoms with Crippen LogP contribution in [0.15, 0.2) is 57.4 Å².